The molecule has 0 saturated carbocycles. The lowest BCUT2D eigenvalue weighted by Crippen LogP contribution is -2.46. The monoisotopic (exact) mass is 335 g/mol. The van der Waals surface area contributed by atoms with Crippen LogP contribution in [0.5, 0.6) is 0 Å². The molecular weight excluding hydrogens is 309 g/mol. The van der Waals surface area contributed by atoms with Crippen molar-refractivity contribution in [1.82, 2.24) is 10.6 Å². The third-order valence-electron chi connectivity index (χ3n) is 4.06. The average molecular weight is 335 g/mol. The summed E-state index contributed by atoms with van der Waals surface area (Å²) in [6.45, 7) is 6.78. The Morgan fingerprint density at radius 1 is 1.38 bits per heavy atom. The lowest BCUT2D eigenvalue weighted by molar-refractivity contribution is -0.116. The van der Waals surface area contributed by atoms with E-state index in [0.717, 1.165) is 19.4 Å². The molecule has 0 aromatic heterocycles. The molecule has 0 bridgehead atoms. The van der Waals surface area contributed by atoms with E-state index >= 15 is 0 Å². The highest BCUT2D eigenvalue weighted by atomic mass is 19.1. The molecule has 3 N–H and O–H groups in total. The van der Waals surface area contributed by atoms with Gasteiger partial charge < -0.3 is 16.0 Å². The quantitative estimate of drug-likeness (QED) is 0.775. The van der Waals surface area contributed by atoms with Gasteiger partial charge in [0.1, 0.15) is 5.82 Å². The van der Waals surface area contributed by atoms with Gasteiger partial charge in [-0.05, 0) is 50.4 Å². The Balaban J connectivity index is 1.97. The van der Waals surface area contributed by atoms with Gasteiger partial charge in [0.15, 0.2) is 0 Å². The third kappa shape index (κ3) is 5.30. The van der Waals surface area contributed by atoms with Crippen molar-refractivity contribution in [1.29, 1.82) is 0 Å². The highest BCUT2D eigenvalue weighted by Crippen LogP contribution is 2.17. The van der Waals surface area contributed by atoms with Crippen LogP contribution in [0, 0.1) is 11.7 Å². The number of rotatable bonds is 5. The number of carbonyl (C=O) groups is 2. The molecule has 2 atom stereocenters. The van der Waals surface area contributed by atoms with Crippen LogP contribution in [0.3, 0.4) is 0 Å². The molecule has 24 heavy (non-hydrogen) atoms. The fraction of sp³-hybridized carbons (Fsp3) is 0.556. The van der Waals surface area contributed by atoms with Crippen LogP contribution in [0.4, 0.5) is 10.1 Å². The van der Waals surface area contributed by atoms with Crippen LogP contribution in [0.2, 0.25) is 0 Å². The summed E-state index contributed by atoms with van der Waals surface area (Å²) in [4.78, 5) is 24.0. The van der Waals surface area contributed by atoms with E-state index < -0.39 is 5.82 Å². The van der Waals surface area contributed by atoms with Crippen LogP contribution in [0.25, 0.3) is 0 Å². The number of amides is 2. The van der Waals surface area contributed by atoms with E-state index in [2.05, 4.69) is 22.9 Å². The Hall–Kier alpha value is -1.95. The molecule has 2 amide bonds. The maximum absolute atomic E-state index is 14.1. The van der Waals surface area contributed by atoms with Gasteiger partial charge in [0.25, 0.3) is 5.91 Å². The summed E-state index contributed by atoms with van der Waals surface area (Å²) in [6, 6.07) is 4.60. The van der Waals surface area contributed by atoms with Gasteiger partial charge in [0.2, 0.25) is 5.91 Å². The molecular formula is C18H26FN3O2. The standard InChI is InChI=1S/C18H26FN3O2/c1-11(2)8-17(23)22-16-5-4-13(10-15(16)19)18(24)21-14-6-7-20-12(3)9-14/h4-5,10-12,14,20H,6-9H2,1-3H3,(H,21,24)(H,22,23). The van der Waals surface area contributed by atoms with Gasteiger partial charge in [-0.25, -0.2) is 4.39 Å². The van der Waals surface area contributed by atoms with Crippen LogP contribution in [0.15, 0.2) is 18.2 Å². The van der Waals surface area contributed by atoms with E-state index in [4.69, 9.17) is 0 Å². The van der Waals surface area contributed by atoms with Crippen molar-refractivity contribution >= 4 is 17.5 Å². The Morgan fingerprint density at radius 3 is 2.75 bits per heavy atom. The SMILES string of the molecule is CC(C)CC(=O)Nc1ccc(C(=O)NC2CCNC(C)C2)cc1F. The van der Waals surface area contributed by atoms with Gasteiger partial charge in [0, 0.05) is 24.1 Å². The van der Waals surface area contributed by atoms with Gasteiger partial charge in [-0.15, -0.1) is 0 Å². The third-order valence-corrected chi connectivity index (χ3v) is 4.06. The summed E-state index contributed by atoms with van der Waals surface area (Å²) in [5, 5.41) is 8.81. The molecule has 6 heteroatoms. The summed E-state index contributed by atoms with van der Waals surface area (Å²) in [5.74, 6) is -0.915. The Labute approximate surface area is 142 Å². The summed E-state index contributed by atoms with van der Waals surface area (Å²) >= 11 is 0. The number of halogens is 1. The molecule has 5 nitrogen and oxygen atoms in total. The molecule has 1 aliphatic rings. The van der Waals surface area contributed by atoms with Crippen LogP contribution in [0.1, 0.15) is 50.4 Å². The lowest BCUT2D eigenvalue weighted by atomic mass is 10.00. The van der Waals surface area contributed by atoms with E-state index in [0.29, 0.717) is 12.5 Å². The van der Waals surface area contributed by atoms with Crippen molar-refractivity contribution in [2.24, 2.45) is 5.92 Å². The first-order chi connectivity index (χ1) is 11.3. The number of benzene rings is 1. The van der Waals surface area contributed by atoms with Crippen molar-refractivity contribution in [3.05, 3.63) is 29.6 Å². The minimum atomic E-state index is -0.599. The van der Waals surface area contributed by atoms with Crippen LogP contribution in [-0.4, -0.2) is 30.4 Å². The van der Waals surface area contributed by atoms with Crippen molar-refractivity contribution in [2.45, 2.75) is 52.1 Å². The van der Waals surface area contributed by atoms with Crippen molar-refractivity contribution in [3.8, 4) is 0 Å². The maximum Gasteiger partial charge on any atom is 0.251 e. The molecule has 132 valence electrons. The zero-order valence-electron chi connectivity index (χ0n) is 14.5. The van der Waals surface area contributed by atoms with Gasteiger partial charge in [-0.2, -0.15) is 0 Å². The highest BCUT2D eigenvalue weighted by Gasteiger charge is 2.21. The number of hydrogen-bond donors (Lipinski definition) is 3. The Morgan fingerprint density at radius 2 is 2.12 bits per heavy atom. The predicted molar refractivity (Wildman–Crippen MR) is 92.4 cm³/mol. The van der Waals surface area contributed by atoms with Gasteiger partial charge >= 0.3 is 0 Å². The fourth-order valence-electron chi connectivity index (χ4n) is 2.86. The number of anilines is 1. The largest absolute Gasteiger partial charge is 0.349 e. The first kappa shape index (κ1) is 18.4. The number of nitrogens with one attached hydrogen (secondary N) is 3. The van der Waals surface area contributed by atoms with Crippen molar-refractivity contribution in [3.63, 3.8) is 0 Å². The van der Waals surface area contributed by atoms with Gasteiger partial charge in [-0.3, -0.25) is 9.59 Å². The summed E-state index contributed by atoms with van der Waals surface area (Å²) in [6.07, 6.45) is 2.05. The summed E-state index contributed by atoms with van der Waals surface area (Å²) in [7, 11) is 0. The Kier molecular flexibility index (Phi) is 6.31. The average Bonchev–Trinajstić information content (AvgIpc) is 2.48. The Bertz CT molecular complexity index is 604. The zero-order chi connectivity index (χ0) is 17.7. The first-order valence-electron chi connectivity index (χ1n) is 8.48. The van der Waals surface area contributed by atoms with E-state index in [1.165, 1.54) is 18.2 Å². The van der Waals surface area contributed by atoms with Crippen LogP contribution >= 0.6 is 0 Å². The molecule has 1 aromatic carbocycles. The molecule has 2 rings (SSSR count). The second-order valence-corrected chi connectivity index (χ2v) is 6.89. The number of carbonyl (C=O) groups excluding carboxylic acids is 2. The molecule has 1 heterocycles. The highest BCUT2D eigenvalue weighted by molar-refractivity contribution is 5.96. The van der Waals surface area contributed by atoms with Crippen LogP contribution in [-0.2, 0) is 4.79 Å². The molecule has 1 saturated heterocycles. The molecule has 2 unspecified atom stereocenters. The van der Waals surface area contributed by atoms with E-state index in [1.54, 1.807) is 0 Å². The van der Waals surface area contributed by atoms with Gasteiger partial charge in [0.05, 0.1) is 5.69 Å². The van der Waals surface area contributed by atoms with Gasteiger partial charge in [-0.1, -0.05) is 13.8 Å². The fourth-order valence-corrected chi connectivity index (χ4v) is 2.86. The van der Waals surface area contributed by atoms with E-state index in [9.17, 15) is 14.0 Å². The molecule has 0 aliphatic carbocycles. The predicted octanol–water partition coefficient (Wildman–Crippen LogP) is 2.68. The lowest BCUT2D eigenvalue weighted by Gasteiger charge is -2.28. The summed E-state index contributed by atoms with van der Waals surface area (Å²) in [5.41, 5.74) is 0.369. The number of hydrogen-bond acceptors (Lipinski definition) is 3. The normalized spacial score (nSPS) is 20.7. The maximum atomic E-state index is 14.1. The van der Waals surface area contributed by atoms with Crippen molar-refractivity contribution < 1.29 is 14.0 Å². The molecule has 0 spiro atoms. The molecule has 0 radical (unpaired) electrons. The minimum Gasteiger partial charge on any atom is -0.349 e. The molecule has 1 aromatic rings. The smallest absolute Gasteiger partial charge is 0.251 e. The van der Waals surface area contributed by atoms with Crippen LogP contribution < -0.4 is 16.0 Å². The minimum absolute atomic E-state index is 0.0993. The second-order valence-electron chi connectivity index (χ2n) is 6.89. The number of piperidine rings is 1. The molecule has 1 aliphatic heterocycles. The molecule has 1 fully saturated rings. The summed E-state index contributed by atoms with van der Waals surface area (Å²) < 4.78 is 14.1. The first-order valence-corrected chi connectivity index (χ1v) is 8.48. The van der Waals surface area contributed by atoms with Crippen molar-refractivity contribution in [2.75, 3.05) is 11.9 Å². The van der Waals surface area contributed by atoms with E-state index in [1.807, 2.05) is 13.8 Å². The van der Waals surface area contributed by atoms with E-state index in [-0.39, 0.29) is 35.0 Å². The topological polar surface area (TPSA) is 70.2 Å². The second kappa shape index (κ2) is 8.24. The zero-order valence-corrected chi connectivity index (χ0v) is 14.5.